The number of aryl methyl sites for hydroxylation is 2. The molecule has 1 aliphatic rings. The second-order valence-corrected chi connectivity index (χ2v) is 9.97. The van der Waals surface area contributed by atoms with Gasteiger partial charge >= 0.3 is 0 Å². The van der Waals surface area contributed by atoms with Crippen molar-refractivity contribution >= 4 is 23.2 Å². The number of hydrogen-bond donors (Lipinski definition) is 0. The summed E-state index contributed by atoms with van der Waals surface area (Å²) in [6.07, 6.45) is 1.51. The SMILES string of the molecule is CCCN(CC(=O)N1CCc2sccc2C1COc1ccc(C)cc1C)C(=O)c1ccc(F)cc1. The molecule has 1 aliphatic heterocycles. The molecule has 1 unspecified atom stereocenters. The predicted octanol–water partition coefficient (Wildman–Crippen LogP) is 5.56. The van der Waals surface area contributed by atoms with Crippen molar-refractivity contribution in [3.05, 3.63) is 86.9 Å². The number of rotatable bonds is 8. The third-order valence-corrected chi connectivity index (χ3v) is 7.34. The van der Waals surface area contributed by atoms with E-state index >= 15 is 0 Å². The molecular formula is C28H31FN2O3S. The van der Waals surface area contributed by atoms with E-state index in [0.29, 0.717) is 31.7 Å². The lowest BCUT2D eigenvalue weighted by Crippen LogP contribution is -2.48. The molecule has 2 heterocycles. The molecule has 2 amide bonds. The van der Waals surface area contributed by atoms with Gasteiger partial charge in [0.15, 0.2) is 0 Å². The summed E-state index contributed by atoms with van der Waals surface area (Å²) in [6.45, 7) is 7.38. The van der Waals surface area contributed by atoms with Crippen LogP contribution in [-0.2, 0) is 11.2 Å². The van der Waals surface area contributed by atoms with E-state index in [1.807, 2.05) is 37.8 Å². The average Bonchev–Trinajstić information content (AvgIpc) is 3.32. The standard InChI is InChI=1S/C28H31FN2O3S/c1-4-13-30(28(33)21-6-8-22(29)9-7-21)17-27(32)31-14-11-26-23(12-15-35-26)24(31)18-34-25-10-5-19(2)16-20(25)3/h5-10,12,15-16,24H,4,11,13-14,17-18H2,1-3H3. The minimum absolute atomic E-state index is 0.0242. The number of carbonyl (C=O) groups excluding carboxylic acids is 2. The molecule has 0 radical (unpaired) electrons. The minimum atomic E-state index is -0.397. The van der Waals surface area contributed by atoms with Crippen molar-refractivity contribution in [1.29, 1.82) is 0 Å². The number of nitrogens with zero attached hydrogens (tertiary/aromatic N) is 2. The molecule has 0 fully saturated rings. The topological polar surface area (TPSA) is 49.9 Å². The highest BCUT2D eigenvalue weighted by Crippen LogP contribution is 2.34. The van der Waals surface area contributed by atoms with Gasteiger partial charge in [0, 0.05) is 23.5 Å². The predicted molar refractivity (Wildman–Crippen MR) is 136 cm³/mol. The molecule has 0 bridgehead atoms. The summed E-state index contributed by atoms with van der Waals surface area (Å²) in [7, 11) is 0. The number of hydrogen-bond acceptors (Lipinski definition) is 4. The van der Waals surface area contributed by atoms with Crippen molar-refractivity contribution < 1.29 is 18.7 Å². The van der Waals surface area contributed by atoms with Gasteiger partial charge in [-0.1, -0.05) is 24.6 Å². The summed E-state index contributed by atoms with van der Waals surface area (Å²) in [5.41, 5.74) is 3.72. The second kappa shape index (κ2) is 11.0. The number of carbonyl (C=O) groups is 2. The molecule has 1 aromatic heterocycles. The molecule has 0 saturated carbocycles. The Morgan fingerprint density at radius 2 is 1.91 bits per heavy atom. The zero-order chi connectivity index (χ0) is 24.9. The van der Waals surface area contributed by atoms with Crippen LogP contribution in [0.4, 0.5) is 4.39 Å². The molecule has 0 N–H and O–H groups in total. The quantitative estimate of drug-likeness (QED) is 0.412. The van der Waals surface area contributed by atoms with Crippen molar-refractivity contribution in [2.75, 3.05) is 26.2 Å². The Morgan fingerprint density at radius 1 is 1.14 bits per heavy atom. The Hall–Kier alpha value is -3.19. The lowest BCUT2D eigenvalue weighted by atomic mass is 10.00. The first-order valence-corrected chi connectivity index (χ1v) is 12.9. The van der Waals surface area contributed by atoms with Crippen molar-refractivity contribution in [3.63, 3.8) is 0 Å². The zero-order valence-electron chi connectivity index (χ0n) is 20.4. The molecule has 0 spiro atoms. The normalized spacial score (nSPS) is 15.0. The highest BCUT2D eigenvalue weighted by molar-refractivity contribution is 7.10. The molecule has 2 aromatic carbocycles. The number of fused-ring (bicyclic) bond motifs is 1. The van der Waals surface area contributed by atoms with Gasteiger partial charge in [0.1, 0.15) is 24.7 Å². The molecule has 0 saturated heterocycles. The van der Waals surface area contributed by atoms with Gasteiger partial charge in [0.25, 0.3) is 5.91 Å². The molecule has 1 atom stereocenters. The number of halogens is 1. The summed E-state index contributed by atoms with van der Waals surface area (Å²) in [6, 6.07) is 13.4. The Balaban J connectivity index is 1.52. The lowest BCUT2D eigenvalue weighted by molar-refractivity contribution is -0.135. The van der Waals surface area contributed by atoms with Crippen LogP contribution in [0.15, 0.2) is 53.9 Å². The van der Waals surface area contributed by atoms with Crippen LogP contribution in [0.5, 0.6) is 5.75 Å². The third-order valence-electron chi connectivity index (χ3n) is 6.34. The minimum Gasteiger partial charge on any atom is -0.491 e. The molecule has 3 aromatic rings. The summed E-state index contributed by atoms with van der Waals surface area (Å²) in [5, 5.41) is 2.06. The maximum absolute atomic E-state index is 13.6. The highest BCUT2D eigenvalue weighted by atomic mass is 32.1. The van der Waals surface area contributed by atoms with Gasteiger partial charge in [0.2, 0.25) is 5.91 Å². The number of ether oxygens (including phenoxy) is 1. The van der Waals surface area contributed by atoms with Gasteiger partial charge in [-0.25, -0.2) is 4.39 Å². The fourth-order valence-electron chi connectivity index (χ4n) is 4.56. The maximum atomic E-state index is 13.6. The molecule has 4 rings (SSSR count). The van der Waals surface area contributed by atoms with E-state index in [1.165, 1.54) is 34.7 Å². The Morgan fingerprint density at radius 3 is 2.63 bits per heavy atom. The van der Waals surface area contributed by atoms with Crippen LogP contribution in [0.1, 0.15) is 51.3 Å². The van der Waals surface area contributed by atoms with Gasteiger partial charge < -0.3 is 14.5 Å². The number of amides is 2. The van der Waals surface area contributed by atoms with E-state index in [-0.39, 0.29) is 24.4 Å². The summed E-state index contributed by atoms with van der Waals surface area (Å²) >= 11 is 1.71. The van der Waals surface area contributed by atoms with Crippen LogP contribution in [0.2, 0.25) is 0 Å². The number of benzene rings is 2. The van der Waals surface area contributed by atoms with Crippen LogP contribution < -0.4 is 4.74 Å². The van der Waals surface area contributed by atoms with Gasteiger partial charge in [-0.05, 0) is 79.6 Å². The molecule has 0 aliphatic carbocycles. The molecule has 7 heteroatoms. The second-order valence-electron chi connectivity index (χ2n) is 8.97. The fourth-order valence-corrected chi connectivity index (χ4v) is 5.48. The van der Waals surface area contributed by atoms with E-state index in [2.05, 4.69) is 17.5 Å². The van der Waals surface area contributed by atoms with E-state index in [1.54, 1.807) is 16.2 Å². The maximum Gasteiger partial charge on any atom is 0.254 e. The van der Waals surface area contributed by atoms with Crippen LogP contribution >= 0.6 is 11.3 Å². The van der Waals surface area contributed by atoms with E-state index in [9.17, 15) is 14.0 Å². The van der Waals surface area contributed by atoms with E-state index < -0.39 is 5.82 Å². The van der Waals surface area contributed by atoms with Crippen molar-refractivity contribution in [2.45, 2.75) is 39.7 Å². The van der Waals surface area contributed by atoms with Crippen LogP contribution in [0.3, 0.4) is 0 Å². The Bertz CT molecular complexity index is 1190. The average molecular weight is 495 g/mol. The largest absolute Gasteiger partial charge is 0.491 e. The number of thiophene rings is 1. The molecule has 184 valence electrons. The van der Waals surface area contributed by atoms with E-state index in [4.69, 9.17) is 4.74 Å². The van der Waals surface area contributed by atoms with Gasteiger partial charge in [0.05, 0.1) is 6.04 Å². The van der Waals surface area contributed by atoms with Crippen LogP contribution in [0.25, 0.3) is 0 Å². The first-order valence-electron chi connectivity index (χ1n) is 12.0. The van der Waals surface area contributed by atoms with Gasteiger partial charge in [-0.15, -0.1) is 11.3 Å². The Kier molecular flexibility index (Phi) is 7.86. The van der Waals surface area contributed by atoms with Gasteiger partial charge in [-0.2, -0.15) is 0 Å². The first-order chi connectivity index (χ1) is 16.9. The summed E-state index contributed by atoms with van der Waals surface area (Å²) in [4.78, 5) is 31.3. The van der Waals surface area contributed by atoms with Crippen LogP contribution in [0, 0.1) is 19.7 Å². The van der Waals surface area contributed by atoms with Crippen molar-refractivity contribution in [3.8, 4) is 5.75 Å². The fraction of sp³-hybridized carbons (Fsp3) is 0.357. The zero-order valence-corrected chi connectivity index (χ0v) is 21.2. The summed E-state index contributed by atoms with van der Waals surface area (Å²) in [5.74, 6) is 0.0344. The molecule has 35 heavy (non-hydrogen) atoms. The summed E-state index contributed by atoms with van der Waals surface area (Å²) < 4.78 is 19.5. The molecular weight excluding hydrogens is 463 g/mol. The highest BCUT2D eigenvalue weighted by Gasteiger charge is 2.33. The lowest BCUT2D eigenvalue weighted by Gasteiger charge is -2.37. The Labute approximate surface area is 210 Å². The van der Waals surface area contributed by atoms with E-state index in [0.717, 1.165) is 23.3 Å². The monoisotopic (exact) mass is 494 g/mol. The smallest absolute Gasteiger partial charge is 0.254 e. The van der Waals surface area contributed by atoms with Gasteiger partial charge in [-0.3, -0.25) is 9.59 Å². The van der Waals surface area contributed by atoms with Crippen molar-refractivity contribution in [2.24, 2.45) is 0 Å². The molecule has 5 nitrogen and oxygen atoms in total. The van der Waals surface area contributed by atoms with Crippen LogP contribution in [-0.4, -0.2) is 47.9 Å². The van der Waals surface area contributed by atoms with Crippen molar-refractivity contribution in [1.82, 2.24) is 9.80 Å². The first kappa shape index (κ1) is 24.9. The third kappa shape index (κ3) is 5.73.